The van der Waals surface area contributed by atoms with Gasteiger partial charge in [0.15, 0.2) is 10.8 Å². The van der Waals surface area contributed by atoms with Crippen LogP contribution in [0.1, 0.15) is 27.9 Å². The fraction of sp³-hybridized carbons (Fsp3) is 0.143. The van der Waals surface area contributed by atoms with Crippen molar-refractivity contribution in [3.05, 3.63) is 70.2 Å². The lowest BCUT2D eigenvalue weighted by atomic mass is 10.2. The van der Waals surface area contributed by atoms with E-state index in [1.54, 1.807) is 23.6 Å². The fourth-order valence-corrected chi connectivity index (χ4v) is 4.67. The number of carbonyl (C=O) groups is 2. The minimum absolute atomic E-state index is 0.141. The number of amides is 2. The maximum absolute atomic E-state index is 13.8. The van der Waals surface area contributed by atoms with Crippen LogP contribution < -0.4 is 10.6 Å². The zero-order valence-electron chi connectivity index (χ0n) is 17.0. The van der Waals surface area contributed by atoms with Gasteiger partial charge in [0.05, 0.1) is 34.6 Å². The van der Waals surface area contributed by atoms with E-state index >= 15 is 0 Å². The number of para-hydroxylation sites is 1. The molecule has 0 saturated carbocycles. The molecule has 4 aromatic rings. The summed E-state index contributed by atoms with van der Waals surface area (Å²) in [6.07, 6.45) is -3.90. The number of carbonyl (C=O) groups excluding carboxylic acids is 2. The summed E-state index contributed by atoms with van der Waals surface area (Å²) in [5, 5.41) is 10.8. The maximum atomic E-state index is 13.8. The number of hydrogen-bond acceptors (Lipinski definition) is 6. The average Bonchev–Trinajstić information content (AvgIpc) is 3.51. The van der Waals surface area contributed by atoms with E-state index < -0.39 is 23.3 Å². The molecule has 170 valence electrons. The van der Waals surface area contributed by atoms with Crippen molar-refractivity contribution in [2.24, 2.45) is 0 Å². The predicted molar refractivity (Wildman–Crippen MR) is 119 cm³/mol. The Morgan fingerprint density at radius 3 is 2.58 bits per heavy atom. The van der Waals surface area contributed by atoms with Crippen LogP contribution in [0.5, 0.6) is 0 Å². The molecule has 0 radical (unpaired) electrons. The number of rotatable bonds is 6. The average molecular weight is 492 g/mol. The Hall–Kier alpha value is -3.51. The first-order valence-corrected chi connectivity index (χ1v) is 11.2. The third kappa shape index (κ3) is 5.12. The van der Waals surface area contributed by atoms with Crippen LogP contribution in [0.25, 0.3) is 16.3 Å². The molecule has 12 heteroatoms. The van der Waals surface area contributed by atoms with Gasteiger partial charge in [-0.3, -0.25) is 14.9 Å². The van der Waals surface area contributed by atoms with Crippen molar-refractivity contribution in [2.75, 3.05) is 5.32 Å². The van der Waals surface area contributed by atoms with Gasteiger partial charge in [0.2, 0.25) is 5.91 Å². The highest BCUT2D eigenvalue weighted by Crippen LogP contribution is 2.35. The second-order valence-corrected chi connectivity index (χ2v) is 8.85. The summed E-state index contributed by atoms with van der Waals surface area (Å²) >= 11 is 2.51. The van der Waals surface area contributed by atoms with Crippen LogP contribution >= 0.6 is 22.7 Å². The third-order valence-corrected chi connectivity index (χ3v) is 6.30. The summed E-state index contributed by atoms with van der Waals surface area (Å²) in [7, 11) is 0. The van der Waals surface area contributed by atoms with Gasteiger partial charge >= 0.3 is 6.18 Å². The van der Waals surface area contributed by atoms with Gasteiger partial charge in [0, 0.05) is 17.2 Å². The Bertz CT molecular complexity index is 1290. The minimum atomic E-state index is -4.80. The molecule has 4 rings (SSSR count). The standard InChI is InChI=1S/C21H16F3N5O2S2/c1-12(30)25-9-14-7-8-17(33-14)16-11-32-20(27-16)28-19(31)15-10-26-29(18(15)21(22,23)24)13-5-3-2-4-6-13/h2-8,10-11H,9H2,1H3,(H,25,30)(H,27,28,31). The number of thiophene rings is 1. The number of anilines is 1. The molecule has 1 aromatic carbocycles. The van der Waals surface area contributed by atoms with Gasteiger partial charge in [0.1, 0.15) is 0 Å². The molecule has 0 fully saturated rings. The fourth-order valence-electron chi connectivity index (χ4n) is 2.98. The molecule has 0 bridgehead atoms. The Morgan fingerprint density at radius 2 is 1.88 bits per heavy atom. The molecule has 0 saturated heterocycles. The first-order chi connectivity index (χ1) is 15.7. The number of nitrogens with zero attached hydrogens (tertiary/aromatic N) is 3. The molecule has 0 spiro atoms. The van der Waals surface area contributed by atoms with Crippen LogP contribution in [0.2, 0.25) is 0 Å². The monoisotopic (exact) mass is 491 g/mol. The van der Waals surface area contributed by atoms with E-state index in [9.17, 15) is 22.8 Å². The molecule has 0 aliphatic rings. The van der Waals surface area contributed by atoms with E-state index in [4.69, 9.17) is 0 Å². The number of benzene rings is 1. The molecule has 7 nitrogen and oxygen atoms in total. The second-order valence-electron chi connectivity index (χ2n) is 6.82. The number of thiazole rings is 1. The highest BCUT2D eigenvalue weighted by Gasteiger charge is 2.40. The minimum Gasteiger partial charge on any atom is -0.351 e. The number of hydrogen-bond donors (Lipinski definition) is 2. The summed E-state index contributed by atoms with van der Waals surface area (Å²) < 4.78 is 42.1. The molecule has 3 aromatic heterocycles. The largest absolute Gasteiger partial charge is 0.434 e. The molecular weight excluding hydrogens is 475 g/mol. The third-order valence-electron chi connectivity index (χ3n) is 4.43. The van der Waals surface area contributed by atoms with Gasteiger partial charge in [-0.25, -0.2) is 9.67 Å². The van der Waals surface area contributed by atoms with Crippen molar-refractivity contribution in [3.63, 3.8) is 0 Å². The Balaban J connectivity index is 1.55. The molecule has 2 amide bonds. The highest BCUT2D eigenvalue weighted by molar-refractivity contribution is 7.17. The normalized spacial score (nSPS) is 11.4. The lowest BCUT2D eigenvalue weighted by Gasteiger charge is -2.12. The molecule has 33 heavy (non-hydrogen) atoms. The smallest absolute Gasteiger partial charge is 0.351 e. The molecule has 2 N–H and O–H groups in total. The maximum Gasteiger partial charge on any atom is 0.434 e. The Labute approximate surface area is 193 Å². The summed E-state index contributed by atoms with van der Waals surface area (Å²) in [5.41, 5.74) is -1.00. The van der Waals surface area contributed by atoms with E-state index in [2.05, 4.69) is 20.7 Å². The zero-order valence-corrected chi connectivity index (χ0v) is 18.6. The van der Waals surface area contributed by atoms with Crippen molar-refractivity contribution in [1.29, 1.82) is 0 Å². The van der Waals surface area contributed by atoms with Crippen molar-refractivity contribution in [1.82, 2.24) is 20.1 Å². The molecular formula is C21H16F3N5O2S2. The van der Waals surface area contributed by atoms with Crippen LogP contribution in [-0.4, -0.2) is 26.6 Å². The molecule has 0 unspecified atom stereocenters. The number of nitrogens with one attached hydrogen (secondary N) is 2. The van der Waals surface area contributed by atoms with Crippen LogP contribution in [-0.2, 0) is 17.5 Å². The predicted octanol–water partition coefficient (Wildman–Crippen LogP) is 4.96. The Morgan fingerprint density at radius 1 is 1.12 bits per heavy atom. The molecule has 3 heterocycles. The van der Waals surface area contributed by atoms with Gasteiger partial charge < -0.3 is 5.32 Å². The highest BCUT2D eigenvalue weighted by atomic mass is 32.1. The van der Waals surface area contributed by atoms with Gasteiger partial charge in [-0.15, -0.1) is 22.7 Å². The number of alkyl halides is 3. The lowest BCUT2D eigenvalue weighted by Crippen LogP contribution is -2.20. The molecule has 0 aliphatic carbocycles. The number of halogens is 3. The van der Waals surface area contributed by atoms with Crippen molar-refractivity contribution >= 4 is 39.6 Å². The van der Waals surface area contributed by atoms with Crippen molar-refractivity contribution in [3.8, 4) is 16.3 Å². The van der Waals surface area contributed by atoms with Crippen LogP contribution in [0, 0.1) is 0 Å². The first kappa shape index (κ1) is 22.7. The SMILES string of the molecule is CC(=O)NCc1ccc(-c2csc(NC(=O)c3cnn(-c4ccccc4)c3C(F)(F)F)n2)s1. The van der Waals surface area contributed by atoms with E-state index in [1.807, 2.05) is 12.1 Å². The molecule has 0 aliphatic heterocycles. The summed E-state index contributed by atoms with van der Waals surface area (Å²) in [5.74, 6) is -1.10. The van der Waals surface area contributed by atoms with Crippen molar-refractivity contribution < 1.29 is 22.8 Å². The van der Waals surface area contributed by atoms with Crippen LogP contribution in [0.15, 0.2) is 54.0 Å². The first-order valence-electron chi connectivity index (χ1n) is 9.53. The van der Waals surface area contributed by atoms with Gasteiger partial charge in [-0.05, 0) is 24.3 Å². The zero-order chi connectivity index (χ0) is 23.6. The summed E-state index contributed by atoms with van der Waals surface area (Å²) in [6, 6.07) is 11.5. The quantitative estimate of drug-likeness (QED) is 0.399. The van der Waals surface area contributed by atoms with E-state index in [0.717, 1.165) is 27.3 Å². The van der Waals surface area contributed by atoms with Gasteiger partial charge in [-0.2, -0.15) is 18.3 Å². The second kappa shape index (κ2) is 9.16. The van der Waals surface area contributed by atoms with Gasteiger partial charge in [0.25, 0.3) is 5.91 Å². The van der Waals surface area contributed by atoms with Crippen LogP contribution in [0.3, 0.4) is 0 Å². The van der Waals surface area contributed by atoms with Crippen molar-refractivity contribution in [2.45, 2.75) is 19.6 Å². The van der Waals surface area contributed by atoms with Crippen LogP contribution in [0.4, 0.5) is 18.3 Å². The topological polar surface area (TPSA) is 88.9 Å². The molecule has 0 atom stereocenters. The van der Waals surface area contributed by atoms with E-state index in [-0.39, 0.29) is 16.7 Å². The number of aromatic nitrogens is 3. The van der Waals surface area contributed by atoms with E-state index in [0.29, 0.717) is 16.9 Å². The Kier molecular flexibility index (Phi) is 6.29. The summed E-state index contributed by atoms with van der Waals surface area (Å²) in [4.78, 5) is 29.8. The van der Waals surface area contributed by atoms with Gasteiger partial charge in [-0.1, -0.05) is 18.2 Å². The lowest BCUT2D eigenvalue weighted by molar-refractivity contribution is -0.143. The van der Waals surface area contributed by atoms with E-state index in [1.165, 1.54) is 30.4 Å². The summed E-state index contributed by atoms with van der Waals surface area (Å²) in [6.45, 7) is 1.82.